The average molecular weight is 295 g/mol. The molecule has 0 amide bonds. The largest absolute Gasteiger partial charge is 0.303 e. The maximum atomic E-state index is 14.1. The Morgan fingerprint density at radius 1 is 1.05 bits per heavy atom. The zero-order chi connectivity index (χ0) is 14.9. The van der Waals surface area contributed by atoms with Gasteiger partial charge in [0.25, 0.3) is 0 Å². The van der Waals surface area contributed by atoms with Crippen molar-refractivity contribution in [1.29, 1.82) is 0 Å². The SMILES string of the molecule is Cc1ccc(C(NC(C)C)c2cc(C)c(F)cc2F)s1. The summed E-state index contributed by atoms with van der Waals surface area (Å²) in [5.41, 5.74) is 0.963. The Kier molecular flexibility index (Phi) is 4.55. The lowest BCUT2D eigenvalue weighted by atomic mass is 10.0. The van der Waals surface area contributed by atoms with Crippen LogP contribution in [0.2, 0.25) is 0 Å². The lowest BCUT2D eigenvalue weighted by molar-refractivity contribution is 0.500. The van der Waals surface area contributed by atoms with Gasteiger partial charge in [0.05, 0.1) is 6.04 Å². The Morgan fingerprint density at radius 3 is 2.30 bits per heavy atom. The molecule has 4 heteroatoms. The Bertz CT molecular complexity index is 605. The Morgan fingerprint density at radius 2 is 1.75 bits per heavy atom. The first-order valence-corrected chi connectivity index (χ1v) is 7.48. The molecule has 0 radical (unpaired) electrons. The van der Waals surface area contributed by atoms with Crippen molar-refractivity contribution < 1.29 is 8.78 Å². The third-order valence-electron chi connectivity index (χ3n) is 3.13. The predicted octanol–water partition coefficient (Wildman–Crippen LogP) is 4.73. The van der Waals surface area contributed by atoms with Gasteiger partial charge in [-0.1, -0.05) is 0 Å². The summed E-state index contributed by atoms with van der Waals surface area (Å²) >= 11 is 1.63. The van der Waals surface area contributed by atoms with Gasteiger partial charge in [-0.15, -0.1) is 11.3 Å². The summed E-state index contributed by atoms with van der Waals surface area (Å²) in [6.45, 7) is 7.71. The molecule has 0 aliphatic carbocycles. The topological polar surface area (TPSA) is 12.0 Å². The maximum Gasteiger partial charge on any atom is 0.131 e. The van der Waals surface area contributed by atoms with Gasteiger partial charge in [0.1, 0.15) is 11.6 Å². The van der Waals surface area contributed by atoms with Crippen LogP contribution in [0.25, 0.3) is 0 Å². The first-order chi connectivity index (χ1) is 9.38. The molecule has 1 aromatic heterocycles. The molecule has 0 aliphatic rings. The van der Waals surface area contributed by atoms with Crippen LogP contribution in [0.3, 0.4) is 0 Å². The van der Waals surface area contributed by atoms with Gasteiger partial charge < -0.3 is 5.32 Å². The number of rotatable bonds is 4. The second kappa shape index (κ2) is 6.02. The van der Waals surface area contributed by atoms with E-state index in [0.29, 0.717) is 11.1 Å². The molecule has 0 fully saturated rings. The molecule has 2 rings (SSSR count). The highest BCUT2D eigenvalue weighted by Crippen LogP contribution is 2.31. The first-order valence-electron chi connectivity index (χ1n) is 6.66. The third-order valence-corrected chi connectivity index (χ3v) is 4.20. The number of hydrogen-bond acceptors (Lipinski definition) is 2. The van der Waals surface area contributed by atoms with Crippen LogP contribution in [0.15, 0.2) is 24.3 Å². The van der Waals surface area contributed by atoms with Crippen LogP contribution >= 0.6 is 11.3 Å². The molecular weight excluding hydrogens is 276 g/mol. The molecule has 0 spiro atoms. The van der Waals surface area contributed by atoms with E-state index in [2.05, 4.69) is 5.32 Å². The van der Waals surface area contributed by atoms with Crippen LogP contribution in [0.1, 0.15) is 40.8 Å². The summed E-state index contributed by atoms with van der Waals surface area (Å²) in [7, 11) is 0. The summed E-state index contributed by atoms with van der Waals surface area (Å²) < 4.78 is 27.6. The van der Waals surface area contributed by atoms with Crippen LogP contribution in [-0.4, -0.2) is 6.04 Å². The van der Waals surface area contributed by atoms with Crippen LogP contribution in [0.4, 0.5) is 8.78 Å². The predicted molar refractivity (Wildman–Crippen MR) is 80.3 cm³/mol. The average Bonchev–Trinajstić information content (AvgIpc) is 2.77. The molecule has 0 aliphatic heterocycles. The highest BCUT2D eigenvalue weighted by atomic mass is 32.1. The summed E-state index contributed by atoms with van der Waals surface area (Å²) in [4.78, 5) is 2.22. The zero-order valence-corrected chi connectivity index (χ0v) is 12.9. The minimum atomic E-state index is -0.503. The molecule has 1 aromatic carbocycles. The van der Waals surface area contributed by atoms with Crippen molar-refractivity contribution in [2.45, 2.75) is 39.8 Å². The van der Waals surface area contributed by atoms with E-state index in [1.807, 2.05) is 32.9 Å². The standard InChI is InChI=1S/C16H19F2NS/c1-9(2)19-16(15-6-5-11(4)20-15)12-7-10(3)13(17)8-14(12)18/h5-9,16,19H,1-4H3. The summed E-state index contributed by atoms with van der Waals surface area (Å²) in [5.74, 6) is -1.01. The van der Waals surface area contributed by atoms with Gasteiger partial charge in [0.15, 0.2) is 0 Å². The third kappa shape index (κ3) is 3.25. The van der Waals surface area contributed by atoms with E-state index in [-0.39, 0.29) is 12.1 Å². The molecule has 1 nitrogen and oxygen atoms in total. The Hall–Kier alpha value is -1.26. The zero-order valence-electron chi connectivity index (χ0n) is 12.1. The van der Waals surface area contributed by atoms with Gasteiger partial charge in [0.2, 0.25) is 0 Å². The molecule has 20 heavy (non-hydrogen) atoms. The molecular formula is C16H19F2NS. The van der Waals surface area contributed by atoms with E-state index in [9.17, 15) is 8.78 Å². The fourth-order valence-corrected chi connectivity index (χ4v) is 3.12. The second-order valence-corrected chi connectivity index (χ2v) is 6.65. The second-order valence-electron chi connectivity index (χ2n) is 5.33. The van der Waals surface area contributed by atoms with Crippen molar-refractivity contribution in [3.8, 4) is 0 Å². The molecule has 1 heterocycles. The van der Waals surface area contributed by atoms with Gasteiger partial charge in [-0.3, -0.25) is 0 Å². The van der Waals surface area contributed by atoms with E-state index in [4.69, 9.17) is 0 Å². The number of aryl methyl sites for hydroxylation is 2. The number of nitrogens with one attached hydrogen (secondary N) is 1. The van der Waals surface area contributed by atoms with E-state index >= 15 is 0 Å². The van der Waals surface area contributed by atoms with Crippen LogP contribution in [0, 0.1) is 25.5 Å². The fourth-order valence-electron chi connectivity index (χ4n) is 2.17. The Balaban J connectivity index is 2.49. The normalized spacial score (nSPS) is 12.9. The summed E-state index contributed by atoms with van der Waals surface area (Å²) in [6.07, 6.45) is 0. The molecule has 0 saturated carbocycles. The molecule has 1 unspecified atom stereocenters. The monoisotopic (exact) mass is 295 g/mol. The molecule has 0 bridgehead atoms. The van der Waals surface area contributed by atoms with Crippen LogP contribution in [0.5, 0.6) is 0 Å². The van der Waals surface area contributed by atoms with Gasteiger partial charge in [-0.2, -0.15) is 0 Å². The lowest BCUT2D eigenvalue weighted by Crippen LogP contribution is -2.29. The maximum absolute atomic E-state index is 14.1. The van der Waals surface area contributed by atoms with Crippen molar-refractivity contribution in [2.24, 2.45) is 0 Å². The van der Waals surface area contributed by atoms with Crippen molar-refractivity contribution in [1.82, 2.24) is 5.32 Å². The first kappa shape index (κ1) is 15.1. The van der Waals surface area contributed by atoms with Gasteiger partial charge in [0, 0.05) is 27.4 Å². The smallest absolute Gasteiger partial charge is 0.131 e. The number of hydrogen-bond donors (Lipinski definition) is 1. The van der Waals surface area contributed by atoms with Gasteiger partial charge in [-0.05, 0) is 51.5 Å². The minimum Gasteiger partial charge on any atom is -0.303 e. The van der Waals surface area contributed by atoms with E-state index in [1.54, 1.807) is 24.3 Å². The van der Waals surface area contributed by atoms with Crippen LogP contribution in [-0.2, 0) is 0 Å². The van der Waals surface area contributed by atoms with Crippen molar-refractivity contribution in [3.05, 3.63) is 56.8 Å². The van der Waals surface area contributed by atoms with Gasteiger partial charge in [-0.25, -0.2) is 8.78 Å². The minimum absolute atomic E-state index is 0.201. The quantitative estimate of drug-likeness (QED) is 0.859. The summed E-state index contributed by atoms with van der Waals surface area (Å²) in [5, 5.41) is 3.36. The molecule has 0 saturated heterocycles. The number of halogens is 2. The molecule has 1 N–H and O–H groups in total. The lowest BCUT2D eigenvalue weighted by Gasteiger charge is -2.22. The van der Waals surface area contributed by atoms with Crippen molar-refractivity contribution in [3.63, 3.8) is 0 Å². The van der Waals surface area contributed by atoms with Crippen molar-refractivity contribution in [2.75, 3.05) is 0 Å². The summed E-state index contributed by atoms with van der Waals surface area (Å²) in [6, 6.07) is 6.54. The highest BCUT2D eigenvalue weighted by Gasteiger charge is 2.21. The van der Waals surface area contributed by atoms with E-state index in [1.165, 1.54) is 4.88 Å². The van der Waals surface area contributed by atoms with E-state index < -0.39 is 11.6 Å². The molecule has 108 valence electrons. The molecule has 2 aromatic rings. The number of thiophene rings is 1. The molecule has 1 atom stereocenters. The number of benzene rings is 1. The van der Waals surface area contributed by atoms with Gasteiger partial charge >= 0.3 is 0 Å². The Labute approximate surface area is 122 Å². The highest BCUT2D eigenvalue weighted by molar-refractivity contribution is 7.12. The van der Waals surface area contributed by atoms with Crippen molar-refractivity contribution >= 4 is 11.3 Å². The van der Waals surface area contributed by atoms with E-state index in [0.717, 1.165) is 10.9 Å². The van der Waals surface area contributed by atoms with Crippen LogP contribution < -0.4 is 5.32 Å². The fraction of sp³-hybridized carbons (Fsp3) is 0.375.